The van der Waals surface area contributed by atoms with E-state index in [9.17, 15) is 9.59 Å². The van der Waals surface area contributed by atoms with E-state index in [2.05, 4.69) is 22.4 Å². The van der Waals surface area contributed by atoms with Gasteiger partial charge in [0, 0.05) is 32.0 Å². The minimum Gasteiger partial charge on any atom is -0.497 e. The van der Waals surface area contributed by atoms with E-state index in [-0.39, 0.29) is 17.7 Å². The Morgan fingerprint density at radius 3 is 2.66 bits per heavy atom. The summed E-state index contributed by atoms with van der Waals surface area (Å²) in [7, 11) is 1.65. The lowest BCUT2D eigenvalue weighted by Gasteiger charge is -2.23. The second-order valence-electron chi connectivity index (χ2n) is 8.00. The average Bonchev–Trinajstić information content (AvgIpc) is 3.01. The zero-order valence-electron chi connectivity index (χ0n) is 18.2. The molecule has 1 saturated heterocycles. The van der Waals surface area contributed by atoms with Gasteiger partial charge < -0.3 is 15.0 Å². The largest absolute Gasteiger partial charge is 0.497 e. The number of ether oxygens (including phenoxy) is 1. The number of nitrogens with one attached hydrogen (secondary N) is 1. The van der Waals surface area contributed by atoms with E-state index in [0.717, 1.165) is 28.0 Å². The van der Waals surface area contributed by atoms with Gasteiger partial charge in [-0.25, -0.2) is 0 Å². The summed E-state index contributed by atoms with van der Waals surface area (Å²) in [6, 6.07) is 19.8. The third-order valence-corrected chi connectivity index (χ3v) is 5.74. The Hall–Kier alpha value is -3.67. The molecule has 1 fully saturated rings. The molecule has 6 heteroatoms. The molecular formula is C26H27N3O3. The zero-order chi connectivity index (χ0) is 22.3. The number of carbonyl (C=O) groups is 2. The number of carbonyl (C=O) groups excluding carboxylic acids is 2. The molecule has 4 rings (SSSR count). The monoisotopic (exact) mass is 429 g/mol. The molecule has 0 spiro atoms. The number of hydrogen-bond acceptors (Lipinski definition) is 4. The molecule has 0 aliphatic carbocycles. The topological polar surface area (TPSA) is 71.5 Å². The van der Waals surface area contributed by atoms with E-state index in [1.807, 2.05) is 48.5 Å². The number of nitrogens with zero attached hydrogens (tertiary/aromatic N) is 2. The van der Waals surface area contributed by atoms with Crippen LogP contribution in [0.2, 0.25) is 0 Å². The van der Waals surface area contributed by atoms with Crippen LogP contribution in [0.15, 0.2) is 73.1 Å². The maximum Gasteiger partial charge on any atom is 0.227 e. The first kappa shape index (κ1) is 21.6. The van der Waals surface area contributed by atoms with Gasteiger partial charge in [-0.2, -0.15) is 0 Å². The third-order valence-electron chi connectivity index (χ3n) is 5.74. The van der Waals surface area contributed by atoms with Gasteiger partial charge >= 0.3 is 0 Å². The van der Waals surface area contributed by atoms with Crippen LogP contribution in [0, 0.1) is 5.92 Å². The summed E-state index contributed by atoms with van der Waals surface area (Å²) in [6.07, 6.45) is 4.26. The first-order valence-corrected chi connectivity index (χ1v) is 10.8. The van der Waals surface area contributed by atoms with Gasteiger partial charge in [0.1, 0.15) is 5.75 Å². The number of aromatic nitrogens is 1. The van der Waals surface area contributed by atoms with Crippen molar-refractivity contribution in [2.24, 2.45) is 5.92 Å². The molecule has 1 atom stereocenters. The van der Waals surface area contributed by atoms with E-state index in [4.69, 9.17) is 4.74 Å². The van der Waals surface area contributed by atoms with Crippen molar-refractivity contribution in [2.45, 2.75) is 12.8 Å². The summed E-state index contributed by atoms with van der Waals surface area (Å²) < 4.78 is 5.34. The number of methoxy groups -OCH3 is 1. The predicted octanol–water partition coefficient (Wildman–Crippen LogP) is 3.12. The van der Waals surface area contributed by atoms with E-state index < -0.39 is 0 Å². The van der Waals surface area contributed by atoms with Gasteiger partial charge in [0.15, 0.2) is 0 Å². The lowest BCUT2D eigenvalue weighted by atomic mass is 9.95. The molecule has 6 nitrogen and oxygen atoms in total. The fourth-order valence-electron chi connectivity index (χ4n) is 4.04. The van der Waals surface area contributed by atoms with E-state index in [1.54, 1.807) is 24.4 Å². The number of amides is 2. The van der Waals surface area contributed by atoms with Crippen molar-refractivity contribution in [1.82, 2.24) is 15.2 Å². The van der Waals surface area contributed by atoms with E-state index >= 15 is 0 Å². The van der Waals surface area contributed by atoms with Crippen LogP contribution in [0.25, 0.3) is 11.1 Å². The smallest absolute Gasteiger partial charge is 0.227 e. The molecule has 1 aromatic heterocycles. The minimum atomic E-state index is -0.295. The number of rotatable bonds is 6. The quantitative estimate of drug-likeness (QED) is 0.654. The fourth-order valence-corrected chi connectivity index (χ4v) is 4.04. The number of benzene rings is 2. The van der Waals surface area contributed by atoms with Gasteiger partial charge in [0.05, 0.1) is 19.4 Å². The Labute approximate surface area is 188 Å². The van der Waals surface area contributed by atoms with Gasteiger partial charge in [-0.3, -0.25) is 14.6 Å². The van der Waals surface area contributed by atoms with Crippen LogP contribution < -0.4 is 10.1 Å². The van der Waals surface area contributed by atoms with E-state index in [1.165, 1.54) is 0 Å². The highest BCUT2D eigenvalue weighted by Gasteiger charge is 2.27. The predicted molar refractivity (Wildman–Crippen MR) is 123 cm³/mol. The summed E-state index contributed by atoms with van der Waals surface area (Å²) in [5, 5.41) is 2.96. The molecule has 2 heterocycles. The van der Waals surface area contributed by atoms with Crippen molar-refractivity contribution < 1.29 is 14.3 Å². The lowest BCUT2D eigenvalue weighted by molar-refractivity contribution is -0.131. The van der Waals surface area contributed by atoms with Crippen LogP contribution in [-0.2, 0) is 22.4 Å². The number of pyridine rings is 1. The second-order valence-corrected chi connectivity index (χ2v) is 8.00. The highest BCUT2D eigenvalue weighted by Crippen LogP contribution is 2.25. The molecule has 2 amide bonds. The SMILES string of the molecule is COc1cccc(-c2cccc(C[C@H]3CN(C(=O)Cc4cccnc4)CCNC3=O)c2)c1. The van der Waals surface area contributed by atoms with Crippen molar-refractivity contribution in [2.75, 3.05) is 26.7 Å². The maximum atomic E-state index is 12.9. The fraction of sp³-hybridized carbons (Fsp3) is 0.269. The van der Waals surface area contributed by atoms with Crippen molar-refractivity contribution in [1.29, 1.82) is 0 Å². The zero-order valence-corrected chi connectivity index (χ0v) is 18.2. The van der Waals surface area contributed by atoms with Gasteiger partial charge in [-0.1, -0.05) is 42.5 Å². The summed E-state index contributed by atoms with van der Waals surface area (Å²) in [5.74, 6) is 0.521. The molecule has 0 unspecified atom stereocenters. The molecule has 0 radical (unpaired) electrons. The normalized spacial score (nSPS) is 16.2. The molecule has 0 bridgehead atoms. The Balaban J connectivity index is 1.48. The third kappa shape index (κ3) is 5.32. The average molecular weight is 430 g/mol. The van der Waals surface area contributed by atoms with Crippen LogP contribution in [0.4, 0.5) is 0 Å². The summed E-state index contributed by atoms with van der Waals surface area (Å²) in [4.78, 5) is 31.5. The molecule has 1 aliphatic rings. The van der Waals surface area contributed by atoms with Crippen molar-refractivity contribution in [3.05, 3.63) is 84.2 Å². The van der Waals surface area contributed by atoms with Gasteiger partial charge in [-0.05, 0) is 46.9 Å². The first-order chi connectivity index (χ1) is 15.6. The standard InChI is InChI=1S/C26H27N3O3/c1-32-24-9-3-8-22(16-24)21-7-2-5-19(13-21)14-23-18-29(12-11-28-26(23)31)25(30)15-20-6-4-10-27-17-20/h2-10,13,16-17,23H,11-12,14-15,18H2,1H3,(H,28,31)/t23-/m0/s1. The van der Waals surface area contributed by atoms with Crippen LogP contribution in [-0.4, -0.2) is 48.4 Å². The highest BCUT2D eigenvalue weighted by atomic mass is 16.5. The van der Waals surface area contributed by atoms with E-state index in [0.29, 0.717) is 32.5 Å². The molecule has 2 aromatic carbocycles. The van der Waals surface area contributed by atoms with Crippen molar-refractivity contribution in [3.63, 3.8) is 0 Å². The highest BCUT2D eigenvalue weighted by molar-refractivity contribution is 5.83. The van der Waals surface area contributed by atoms with Crippen LogP contribution in [0.5, 0.6) is 5.75 Å². The molecule has 3 aromatic rings. The van der Waals surface area contributed by atoms with Crippen molar-refractivity contribution in [3.8, 4) is 16.9 Å². The molecule has 0 saturated carbocycles. The van der Waals surface area contributed by atoms with Crippen LogP contribution in [0.3, 0.4) is 0 Å². The van der Waals surface area contributed by atoms with Gasteiger partial charge in [-0.15, -0.1) is 0 Å². The number of hydrogen-bond donors (Lipinski definition) is 1. The van der Waals surface area contributed by atoms with Gasteiger partial charge in [0.25, 0.3) is 0 Å². The maximum absolute atomic E-state index is 12.9. The van der Waals surface area contributed by atoms with Crippen LogP contribution >= 0.6 is 0 Å². The van der Waals surface area contributed by atoms with Crippen molar-refractivity contribution >= 4 is 11.8 Å². The minimum absolute atomic E-state index is 0.00605. The molecule has 32 heavy (non-hydrogen) atoms. The molecular weight excluding hydrogens is 402 g/mol. The Bertz CT molecular complexity index is 1080. The molecule has 164 valence electrons. The Morgan fingerprint density at radius 2 is 1.88 bits per heavy atom. The van der Waals surface area contributed by atoms with Crippen LogP contribution in [0.1, 0.15) is 11.1 Å². The summed E-state index contributed by atoms with van der Waals surface area (Å²) in [5.41, 5.74) is 4.07. The van der Waals surface area contributed by atoms with Gasteiger partial charge in [0.2, 0.25) is 11.8 Å². The first-order valence-electron chi connectivity index (χ1n) is 10.8. The Kier molecular flexibility index (Phi) is 6.80. The Morgan fingerprint density at radius 1 is 1.09 bits per heavy atom. The lowest BCUT2D eigenvalue weighted by Crippen LogP contribution is -2.38. The second kappa shape index (κ2) is 10.1. The summed E-state index contributed by atoms with van der Waals surface area (Å²) >= 11 is 0. The summed E-state index contributed by atoms with van der Waals surface area (Å²) in [6.45, 7) is 1.40. The molecule has 1 N–H and O–H groups in total. The molecule has 1 aliphatic heterocycles.